The molecule has 0 aromatic rings. The lowest BCUT2D eigenvalue weighted by molar-refractivity contribution is -0.701. The lowest BCUT2D eigenvalue weighted by Gasteiger charge is -2.15. The smallest absolute Gasteiger partial charge is 0.107 e. The summed E-state index contributed by atoms with van der Waals surface area (Å²) >= 11 is 0. The molecule has 1 unspecified atom stereocenters. The molecule has 0 spiro atoms. The number of morpholine rings is 1. The Morgan fingerprint density at radius 3 is 2.86 bits per heavy atom. The van der Waals surface area contributed by atoms with E-state index in [4.69, 9.17) is 4.74 Å². The summed E-state index contributed by atoms with van der Waals surface area (Å²) in [7, 11) is 0. The molecule has 2 N–H and O–H groups in total. The summed E-state index contributed by atoms with van der Waals surface area (Å²) in [6, 6.07) is 0.689. The van der Waals surface area contributed by atoms with E-state index in [0.29, 0.717) is 6.04 Å². The Labute approximate surface area is 43.9 Å². The van der Waals surface area contributed by atoms with E-state index in [9.17, 15) is 0 Å². The number of quaternary nitrogens is 1. The van der Waals surface area contributed by atoms with Crippen LogP contribution in [0.15, 0.2) is 0 Å². The molecular weight excluding hydrogens is 90.1 g/mol. The second-order valence-electron chi connectivity index (χ2n) is 2.08. The number of hydrogen-bond acceptors (Lipinski definition) is 1. The van der Waals surface area contributed by atoms with E-state index in [0.717, 1.165) is 19.8 Å². The highest BCUT2D eigenvalue weighted by atomic mass is 16.5. The molecule has 1 aliphatic rings. The van der Waals surface area contributed by atoms with Crippen molar-refractivity contribution in [3.63, 3.8) is 0 Å². The third kappa shape index (κ3) is 1.45. The van der Waals surface area contributed by atoms with Crippen molar-refractivity contribution in [3.05, 3.63) is 0 Å². The van der Waals surface area contributed by atoms with Crippen molar-refractivity contribution in [1.82, 2.24) is 0 Å². The molecule has 0 saturated carbocycles. The molecule has 1 heterocycles. The number of nitrogens with two attached hydrogens (primary N) is 1. The zero-order valence-electron chi connectivity index (χ0n) is 4.68. The van der Waals surface area contributed by atoms with Crippen molar-refractivity contribution in [2.24, 2.45) is 0 Å². The first-order valence-electron chi connectivity index (χ1n) is 2.80. The molecular formula is C5H12NO+. The summed E-state index contributed by atoms with van der Waals surface area (Å²) in [6.07, 6.45) is 0. The van der Waals surface area contributed by atoms with Gasteiger partial charge in [0.2, 0.25) is 0 Å². The van der Waals surface area contributed by atoms with Crippen LogP contribution in [0.5, 0.6) is 0 Å². The van der Waals surface area contributed by atoms with Gasteiger partial charge in [-0.25, -0.2) is 0 Å². The molecule has 0 aliphatic carbocycles. The zero-order valence-corrected chi connectivity index (χ0v) is 4.68. The first kappa shape index (κ1) is 5.06. The van der Waals surface area contributed by atoms with Crippen LogP contribution >= 0.6 is 0 Å². The normalized spacial score (nSPS) is 33.0. The first-order valence-corrected chi connectivity index (χ1v) is 2.80. The lowest BCUT2D eigenvalue weighted by Crippen LogP contribution is -2.92. The lowest BCUT2D eigenvalue weighted by atomic mass is 10.3. The highest BCUT2D eigenvalue weighted by molar-refractivity contribution is 4.44. The number of ether oxygens (including phenoxy) is 1. The Morgan fingerprint density at radius 1 is 1.71 bits per heavy atom. The summed E-state index contributed by atoms with van der Waals surface area (Å²) in [5.74, 6) is 0. The molecule has 0 amide bonds. The fraction of sp³-hybridized carbons (Fsp3) is 1.00. The third-order valence-corrected chi connectivity index (χ3v) is 1.21. The van der Waals surface area contributed by atoms with Gasteiger partial charge in [0.05, 0.1) is 19.8 Å². The van der Waals surface area contributed by atoms with Gasteiger partial charge < -0.3 is 10.1 Å². The Bertz CT molecular complexity index is 50.0. The van der Waals surface area contributed by atoms with Gasteiger partial charge in [-0.2, -0.15) is 0 Å². The molecule has 0 radical (unpaired) electrons. The Morgan fingerprint density at radius 2 is 2.57 bits per heavy atom. The van der Waals surface area contributed by atoms with Crippen LogP contribution < -0.4 is 5.32 Å². The maximum absolute atomic E-state index is 5.15. The topological polar surface area (TPSA) is 25.8 Å². The van der Waals surface area contributed by atoms with E-state index in [-0.39, 0.29) is 0 Å². The predicted octanol–water partition coefficient (Wildman–Crippen LogP) is -1.03. The second-order valence-corrected chi connectivity index (χ2v) is 2.08. The molecule has 1 aliphatic heterocycles. The van der Waals surface area contributed by atoms with Crippen LogP contribution in [-0.4, -0.2) is 25.8 Å². The minimum atomic E-state index is 0.689. The van der Waals surface area contributed by atoms with E-state index in [1.807, 2.05) is 0 Å². The first-order chi connectivity index (χ1) is 3.39. The molecule has 7 heavy (non-hydrogen) atoms. The molecule has 2 heteroatoms. The van der Waals surface area contributed by atoms with Crippen LogP contribution in [-0.2, 0) is 4.74 Å². The number of hydrogen-bond donors (Lipinski definition) is 1. The van der Waals surface area contributed by atoms with Gasteiger partial charge in [0.15, 0.2) is 0 Å². The highest BCUT2D eigenvalue weighted by Gasteiger charge is 2.08. The largest absolute Gasteiger partial charge is 0.369 e. The average Bonchev–Trinajstić information content (AvgIpc) is 1.69. The summed E-state index contributed by atoms with van der Waals surface area (Å²) < 4.78 is 5.15. The van der Waals surface area contributed by atoms with Gasteiger partial charge in [-0.05, 0) is 6.92 Å². The molecule has 0 aromatic carbocycles. The molecule has 0 bridgehead atoms. The van der Waals surface area contributed by atoms with E-state index in [1.165, 1.54) is 0 Å². The molecule has 2 nitrogen and oxygen atoms in total. The predicted molar refractivity (Wildman–Crippen MR) is 27.1 cm³/mol. The van der Waals surface area contributed by atoms with Crippen molar-refractivity contribution in [3.8, 4) is 0 Å². The standard InChI is InChI=1S/C5H11NO/c1-5-4-7-3-2-6-5/h5-6H,2-4H2,1H3/p+1. The SMILES string of the molecule is CC1COCC[NH2+]1. The maximum Gasteiger partial charge on any atom is 0.107 e. The Hall–Kier alpha value is -0.0800. The van der Waals surface area contributed by atoms with E-state index >= 15 is 0 Å². The van der Waals surface area contributed by atoms with Crippen LogP contribution in [0.2, 0.25) is 0 Å². The zero-order chi connectivity index (χ0) is 5.11. The highest BCUT2D eigenvalue weighted by Crippen LogP contribution is 1.80. The van der Waals surface area contributed by atoms with Crippen molar-refractivity contribution in [1.29, 1.82) is 0 Å². The van der Waals surface area contributed by atoms with Crippen molar-refractivity contribution in [2.45, 2.75) is 13.0 Å². The van der Waals surface area contributed by atoms with Crippen LogP contribution in [0, 0.1) is 0 Å². The minimum Gasteiger partial charge on any atom is -0.369 e. The van der Waals surface area contributed by atoms with Gasteiger partial charge >= 0.3 is 0 Å². The number of rotatable bonds is 0. The summed E-state index contributed by atoms with van der Waals surface area (Å²) in [5.41, 5.74) is 0. The van der Waals surface area contributed by atoms with Gasteiger partial charge in [-0.1, -0.05) is 0 Å². The Balaban J connectivity index is 2.12. The van der Waals surface area contributed by atoms with Crippen LogP contribution in [0.3, 0.4) is 0 Å². The van der Waals surface area contributed by atoms with Gasteiger partial charge in [0.25, 0.3) is 0 Å². The van der Waals surface area contributed by atoms with Gasteiger partial charge in [0.1, 0.15) is 6.04 Å². The summed E-state index contributed by atoms with van der Waals surface area (Å²) in [6.45, 7) is 5.19. The molecule has 1 fully saturated rings. The van der Waals surface area contributed by atoms with Crippen molar-refractivity contribution < 1.29 is 10.1 Å². The maximum atomic E-state index is 5.15. The Kier molecular flexibility index (Phi) is 1.65. The van der Waals surface area contributed by atoms with Crippen LogP contribution in [0.4, 0.5) is 0 Å². The van der Waals surface area contributed by atoms with Crippen molar-refractivity contribution >= 4 is 0 Å². The van der Waals surface area contributed by atoms with E-state index < -0.39 is 0 Å². The molecule has 1 atom stereocenters. The molecule has 1 rings (SSSR count). The fourth-order valence-corrected chi connectivity index (χ4v) is 0.773. The summed E-state index contributed by atoms with van der Waals surface area (Å²) in [5, 5.41) is 2.31. The van der Waals surface area contributed by atoms with Gasteiger partial charge in [-0.15, -0.1) is 0 Å². The quantitative estimate of drug-likeness (QED) is 0.416. The molecule has 42 valence electrons. The van der Waals surface area contributed by atoms with Gasteiger partial charge in [0, 0.05) is 0 Å². The second kappa shape index (κ2) is 2.28. The monoisotopic (exact) mass is 102 g/mol. The molecule has 1 saturated heterocycles. The summed E-state index contributed by atoms with van der Waals surface area (Å²) in [4.78, 5) is 0. The minimum absolute atomic E-state index is 0.689. The third-order valence-electron chi connectivity index (χ3n) is 1.21. The van der Waals surface area contributed by atoms with E-state index in [2.05, 4.69) is 12.2 Å². The van der Waals surface area contributed by atoms with Gasteiger partial charge in [-0.3, -0.25) is 0 Å². The van der Waals surface area contributed by atoms with Crippen LogP contribution in [0.1, 0.15) is 6.92 Å². The van der Waals surface area contributed by atoms with Crippen molar-refractivity contribution in [2.75, 3.05) is 19.8 Å². The average molecular weight is 102 g/mol. The van der Waals surface area contributed by atoms with E-state index in [1.54, 1.807) is 0 Å². The fourth-order valence-electron chi connectivity index (χ4n) is 0.773. The molecule has 0 aromatic heterocycles. The van der Waals surface area contributed by atoms with Crippen LogP contribution in [0.25, 0.3) is 0 Å².